The molecule has 1 rings (SSSR count). The van der Waals surface area contributed by atoms with Gasteiger partial charge in [-0.3, -0.25) is 9.69 Å². The van der Waals surface area contributed by atoms with Gasteiger partial charge >= 0.3 is 12.0 Å². The van der Waals surface area contributed by atoms with Crippen LogP contribution in [0.15, 0.2) is 0 Å². The fourth-order valence-electron chi connectivity index (χ4n) is 3.71. The van der Waals surface area contributed by atoms with Crippen LogP contribution in [0.5, 0.6) is 0 Å². The molecular weight excluding hydrogens is 306 g/mol. The maximum absolute atomic E-state index is 12.4. The molecule has 140 valence electrons. The number of amides is 2. The number of carboxylic acids is 1. The number of hydrogen-bond acceptors (Lipinski definition) is 3. The number of urea groups is 1. The summed E-state index contributed by atoms with van der Waals surface area (Å²) in [7, 11) is 0. The third kappa shape index (κ3) is 7.07. The summed E-state index contributed by atoms with van der Waals surface area (Å²) in [5.41, 5.74) is 0.0998. The van der Waals surface area contributed by atoms with Gasteiger partial charge in [-0.15, -0.1) is 0 Å². The number of aliphatic carboxylic acids is 1. The zero-order valence-corrected chi connectivity index (χ0v) is 16.0. The Morgan fingerprint density at radius 1 is 1.29 bits per heavy atom. The maximum Gasteiger partial charge on any atom is 0.317 e. The van der Waals surface area contributed by atoms with Crippen molar-refractivity contribution >= 4 is 12.0 Å². The van der Waals surface area contributed by atoms with Gasteiger partial charge in [-0.05, 0) is 37.1 Å². The first-order valence-corrected chi connectivity index (χ1v) is 9.13. The Hall–Kier alpha value is -1.30. The summed E-state index contributed by atoms with van der Waals surface area (Å²) in [5, 5.41) is 12.0. The lowest BCUT2D eigenvalue weighted by Gasteiger charge is -2.38. The lowest BCUT2D eigenvalue weighted by molar-refractivity contribution is -0.139. The van der Waals surface area contributed by atoms with Crippen molar-refractivity contribution in [1.82, 2.24) is 15.1 Å². The standard InChI is InChI=1S/C18H35N3O3/c1-6-20(12-16(22)23)15-7-9-21(10-8-15)17(24)19-13-18(4,5)11-14(2)3/h14-15H,6-13H2,1-5H3,(H,19,24)(H,22,23). The molecule has 6 heteroatoms. The highest BCUT2D eigenvalue weighted by Gasteiger charge is 2.28. The SMILES string of the molecule is CCN(CC(=O)O)C1CCN(C(=O)NCC(C)(C)CC(C)C)CC1. The van der Waals surface area contributed by atoms with E-state index in [0.717, 1.165) is 25.8 Å². The molecule has 0 bridgehead atoms. The maximum atomic E-state index is 12.4. The summed E-state index contributed by atoms with van der Waals surface area (Å²) in [6, 6.07) is 0.263. The molecule has 0 atom stereocenters. The van der Waals surface area contributed by atoms with Gasteiger partial charge in [0.2, 0.25) is 0 Å². The van der Waals surface area contributed by atoms with Gasteiger partial charge < -0.3 is 15.3 Å². The summed E-state index contributed by atoms with van der Waals surface area (Å²) in [4.78, 5) is 27.1. The van der Waals surface area contributed by atoms with Crippen LogP contribution in [0, 0.1) is 11.3 Å². The van der Waals surface area contributed by atoms with Crippen LogP contribution < -0.4 is 5.32 Å². The van der Waals surface area contributed by atoms with Crippen LogP contribution in [0.25, 0.3) is 0 Å². The molecular formula is C18H35N3O3. The smallest absolute Gasteiger partial charge is 0.317 e. The number of carbonyl (C=O) groups is 2. The monoisotopic (exact) mass is 341 g/mol. The first kappa shape index (κ1) is 20.7. The van der Waals surface area contributed by atoms with Crippen molar-refractivity contribution in [3.63, 3.8) is 0 Å². The number of carbonyl (C=O) groups excluding carboxylic acids is 1. The summed E-state index contributed by atoms with van der Waals surface area (Å²) < 4.78 is 0. The number of hydrogen-bond donors (Lipinski definition) is 2. The highest BCUT2D eigenvalue weighted by molar-refractivity contribution is 5.74. The first-order chi connectivity index (χ1) is 11.1. The number of nitrogens with one attached hydrogen (secondary N) is 1. The van der Waals surface area contributed by atoms with Crippen molar-refractivity contribution < 1.29 is 14.7 Å². The van der Waals surface area contributed by atoms with Gasteiger partial charge in [0.1, 0.15) is 0 Å². The molecule has 1 aliphatic rings. The molecule has 24 heavy (non-hydrogen) atoms. The minimum absolute atomic E-state index is 0.00608. The molecule has 0 aromatic heterocycles. The molecule has 0 spiro atoms. The summed E-state index contributed by atoms with van der Waals surface area (Å²) in [6.45, 7) is 13.6. The van der Waals surface area contributed by atoms with Crippen LogP contribution in [-0.4, -0.2) is 65.7 Å². The van der Waals surface area contributed by atoms with Crippen molar-refractivity contribution in [2.45, 2.75) is 59.9 Å². The second kappa shape index (κ2) is 9.25. The Morgan fingerprint density at radius 2 is 1.88 bits per heavy atom. The van der Waals surface area contributed by atoms with Gasteiger partial charge in [-0.25, -0.2) is 4.79 Å². The van der Waals surface area contributed by atoms with Crippen LogP contribution in [0.4, 0.5) is 4.79 Å². The molecule has 0 aliphatic carbocycles. The zero-order chi connectivity index (χ0) is 18.3. The highest BCUT2D eigenvalue weighted by Crippen LogP contribution is 2.24. The normalized spacial score (nSPS) is 16.7. The molecule has 0 aromatic rings. The number of piperidine rings is 1. The predicted molar refractivity (Wildman–Crippen MR) is 96.1 cm³/mol. The molecule has 1 aliphatic heterocycles. The molecule has 0 aromatic carbocycles. The van der Waals surface area contributed by atoms with Crippen LogP contribution in [0.2, 0.25) is 0 Å². The van der Waals surface area contributed by atoms with Crippen LogP contribution >= 0.6 is 0 Å². The summed E-state index contributed by atoms with van der Waals surface area (Å²) in [5.74, 6) is -0.175. The van der Waals surface area contributed by atoms with E-state index >= 15 is 0 Å². The average molecular weight is 341 g/mol. The Kier molecular flexibility index (Phi) is 8.00. The van der Waals surface area contributed by atoms with Crippen LogP contribution in [0.1, 0.15) is 53.9 Å². The van der Waals surface area contributed by atoms with E-state index in [0.29, 0.717) is 25.6 Å². The lowest BCUT2D eigenvalue weighted by atomic mass is 9.84. The van der Waals surface area contributed by atoms with Gasteiger partial charge in [0.05, 0.1) is 6.54 Å². The molecule has 0 saturated carbocycles. The lowest BCUT2D eigenvalue weighted by Crippen LogP contribution is -2.51. The zero-order valence-electron chi connectivity index (χ0n) is 16.0. The largest absolute Gasteiger partial charge is 0.480 e. The van der Waals surface area contributed by atoms with Gasteiger partial charge in [-0.1, -0.05) is 34.6 Å². The summed E-state index contributed by atoms with van der Waals surface area (Å²) >= 11 is 0. The molecule has 0 unspecified atom stereocenters. The number of likely N-dealkylation sites (N-methyl/N-ethyl adjacent to an activating group) is 1. The van der Waals surface area contributed by atoms with Gasteiger partial charge in [0, 0.05) is 25.7 Å². The summed E-state index contributed by atoms with van der Waals surface area (Å²) in [6.07, 6.45) is 2.75. The molecule has 6 nitrogen and oxygen atoms in total. The Bertz CT molecular complexity index is 416. The van der Waals surface area contributed by atoms with E-state index in [1.165, 1.54) is 0 Å². The minimum atomic E-state index is -0.788. The molecule has 0 radical (unpaired) electrons. The molecule has 2 N–H and O–H groups in total. The highest BCUT2D eigenvalue weighted by atomic mass is 16.4. The van der Waals surface area contributed by atoms with Gasteiger partial charge in [-0.2, -0.15) is 0 Å². The minimum Gasteiger partial charge on any atom is -0.480 e. The van der Waals surface area contributed by atoms with E-state index in [2.05, 4.69) is 33.0 Å². The number of rotatable bonds is 8. The van der Waals surface area contributed by atoms with Crippen molar-refractivity contribution in [2.75, 3.05) is 32.7 Å². The predicted octanol–water partition coefficient (Wildman–Crippen LogP) is 2.64. The number of nitrogens with zero attached hydrogens (tertiary/aromatic N) is 2. The first-order valence-electron chi connectivity index (χ1n) is 9.13. The van der Waals surface area contributed by atoms with E-state index < -0.39 is 5.97 Å². The molecule has 1 saturated heterocycles. The van der Waals surface area contributed by atoms with E-state index in [9.17, 15) is 9.59 Å². The number of carboxylic acid groups (broad SMARTS) is 1. The van der Waals surface area contributed by atoms with E-state index in [-0.39, 0.29) is 24.0 Å². The Balaban J connectivity index is 2.41. The van der Waals surface area contributed by atoms with Crippen molar-refractivity contribution in [2.24, 2.45) is 11.3 Å². The Labute approximate surface area is 146 Å². The van der Waals surface area contributed by atoms with Crippen LogP contribution in [-0.2, 0) is 4.79 Å². The second-order valence-electron chi connectivity index (χ2n) is 8.10. The average Bonchev–Trinajstić information content (AvgIpc) is 2.49. The fourth-order valence-corrected chi connectivity index (χ4v) is 3.71. The topological polar surface area (TPSA) is 72.9 Å². The molecule has 1 heterocycles. The van der Waals surface area contributed by atoms with E-state index in [1.54, 1.807) is 0 Å². The van der Waals surface area contributed by atoms with Crippen molar-refractivity contribution in [3.05, 3.63) is 0 Å². The van der Waals surface area contributed by atoms with Crippen LogP contribution in [0.3, 0.4) is 0 Å². The van der Waals surface area contributed by atoms with E-state index in [1.807, 2.05) is 16.7 Å². The Morgan fingerprint density at radius 3 is 2.33 bits per heavy atom. The number of likely N-dealkylation sites (tertiary alicyclic amines) is 1. The van der Waals surface area contributed by atoms with E-state index in [4.69, 9.17) is 5.11 Å². The molecule has 2 amide bonds. The van der Waals surface area contributed by atoms with Gasteiger partial charge in [0.25, 0.3) is 0 Å². The third-order valence-corrected chi connectivity index (χ3v) is 4.69. The van der Waals surface area contributed by atoms with Crippen molar-refractivity contribution in [3.8, 4) is 0 Å². The van der Waals surface area contributed by atoms with Crippen molar-refractivity contribution in [1.29, 1.82) is 0 Å². The molecule has 1 fully saturated rings. The fraction of sp³-hybridized carbons (Fsp3) is 0.889. The quantitative estimate of drug-likeness (QED) is 0.712. The third-order valence-electron chi connectivity index (χ3n) is 4.69. The second-order valence-corrected chi connectivity index (χ2v) is 8.10. The van der Waals surface area contributed by atoms with Gasteiger partial charge in [0.15, 0.2) is 0 Å².